The fourth-order valence-corrected chi connectivity index (χ4v) is 15.5. The number of carbonyl (C=O) groups excluding carboxylic acids is 4. The van der Waals surface area contributed by atoms with Crippen LogP contribution in [0.3, 0.4) is 0 Å². The zero-order valence-electron chi connectivity index (χ0n) is 56.4. The van der Waals surface area contributed by atoms with Gasteiger partial charge in [-0.25, -0.2) is 57.1 Å². The van der Waals surface area contributed by atoms with E-state index >= 15 is 17.6 Å². The first-order valence-electron chi connectivity index (χ1n) is 32.7. The number of aromatic amines is 2. The number of alkyl halides is 4. The van der Waals surface area contributed by atoms with Gasteiger partial charge >= 0.3 is 30.8 Å². The Morgan fingerprint density at radius 1 is 0.559 bits per heavy atom. The number of ether oxygens (including phenoxy) is 5. The summed E-state index contributed by atoms with van der Waals surface area (Å²) in [7, 11) is 0. The summed E-state index contributed by atoms with van der Waals surface area (Å²) in [6, 6.07) is 22.2. The highest BCUT2D eigenvalue weighted by Gasteiger charge is 2.54. The molecule has 4 aliphatic heterocycles. The van der Waals surface area contributed by atoms with Crippen molar-refractivity contribution in [2.45, 2.75) is 146 Å². The van der Waals surface area contributed by atoms with Crippen molar-refractivity contribution in [3.05, 3.63) is 163 Å². The number of carbonyl (C=O) groups is 4. The van der Waals surface area contributed by atoms with Crippen LogP contribution < -0.4 is 33.1 Å². The smallest absolute Gasteiger partial charge is 0.330 e. The van der Waals surface area contributed by atoms with Crippen molar-refractivity contribution in [2.24, 2.45) is 0 Å². The van der Waals surface area contributed by atoms with Crippen LogP contribution in [0.4, 0.5) is 29.2 Å². The maximum Gasteiger partial charge on any atom is 0.330 e. The monoisotopic (exact) mass is 1630 g/mol. The maximum atomic E-state index is 16.5. The molecule has 6 aromatic heterocycles. The first-order valence-corrected chi connectivity index (χ1v) is 37.8. The van der Waals surface area contributed by atoms with E-state index in [0.29, 0.717) is 11.1 Å². The summed E-state index contributed by atoms with van der Waals surface area (Å²) in [5.74, 6) is -2.17. The Hall–Kier alpha value is -9.54. The number of nitrogens with zero attached hydrogens (tertiary/aromatic N) is 12. The van der Waals surface area contributed by atoms with Gasteiger partial charge in [0.25, 0.3) is 22.9 Å². The number of fused-ring (bicyclic) bond motifs is 2. The molecule has 10 heterocycles. The number of nitriles is 2. The lowest BCUT2D eigenvalue weighted by Crippen LogP contribution is -2.38. The minimum absolute atomic E-state index is 0. The zero-order valence-corrected chi connectivity index (χ0v) is 59.8. The van der Waals surface area contributed by atoms with Crippen LogP contribution >= 0.6 is 13.4 Å². The lowest BCUT2D eigenvalue weighted by Gasteiger charge is -2.29. The molecule has 0 spiro atoms. The highest BCUT2D eigenvalue weighted by atomic mass is 32.5. The highest BCUT2D eigenvalue weighted by molar-refractivity contribution is 8.07. The van der Waals surface area contributed by atoms with Gasteiger partial charge in [-0.15, -0.1) is 0 Å². The molecule has 2 aromatic carbocycles. The number of H-pyrrole nitrogens is 2. The van der Waals surface area contributed by atoms with Crippen LogP contribution in [0.2, 0.25) is 0 Å². The molecule has 12 rings (SSSR count). The number of halogens is 4. The molecule has 594 valence electrons. The Morgan fingerprint density at radius 2 is 0.964 bits per heavy atom. The highest BCUT2D eigenvalue weighted by Crippen LogP contribution is 2.57. The van der Waals surface area contributed by atoms with Gasteiger partial charge in [0, 0.05) is 42.1 Å². The largest absolute Gasteiger partial charge is 0.454 e. The van der Waals surface area contributed by atoms with E-state index in [1.165, 1.54) is 28.7 Å². The molecule has 7 N–H and O–H groups in total. The van der Waals surface area contributed by atoms with E-state index in [4.69, 9.17) is 85.0 Å². The van der Waals surface area contributed by atoms with Gasteiger partial charge in [0.15, 0.2) is 89.7 Å². The minimum atomic E-state index is -4.25. The maximum absolute atomic E-state index is 16.5. The fraction of sp³-hybridized carbons (Fsp3) is 0.446. The quantitative estimate of drug-likeness (QED) is 0.0143. The van der Waals surface area contributed by atoms with Gasteiger partial charge in [0.1, 0.15) is 61.2 Å². The summed E-state index contributed by atoms with van der Waals surface area (Å²) in [4.78, 5) is 128. The number of rotatable bonds is 30. The molecule has 111 heavy (non-hydrogen) atoms. The Bertz CT molecular complexity index is 5050. The van der Waals surface area contributed by atoms with E-state index in [2.05, 4.69) is 40.5 Å². The first kappa shape index (κ1) is 85.5. The summed E-state index contributed by atoms with van der Waals surface area (Å²) < 4.78 is 130. The van der Waals surface area contributed by atoms with E-state index in [-0.39, 0.29) is 86.9 Å². The number of benzene rings is 2. The average molecular weight is 1630 g/mol. The van der Waals surface area contributed by atoms with Gasteiger partial charge in [-0.1, -0.05) is 51.3 Å². The van der Waals surface area contributed by atoms with Gasteiger partial charge in [0.2, 0.25) is 0 Å². The number of aliphatic hydroxyl groups excluding tert-OH is 3. The Kier molecular flexibility index (Phi) is 29.3. The number of nitrogens with one attached hydrogen (secondary N) is 4. The van der Waals surface area contributed by atoms with Gasteiger partial charge < -0.3 is 72.5 Å². The molecular weight excluding hydrogens is 1560 g/mol. The molecule has 0 saturated carbocycles. The van der Waals surface area contributed by atoms with Crippen molar-refractivity contribution in [1.29, 1.82) is 10.5 Å². The van der Waals surface area contributed by atoms with Crippen LogP contribution in [0.25, 0.3) is 22.3 Å². The molecule has 4 saturated heterocycles. The molecule has 0 aliphatic carbocycles. The number of Topliss-reactive ketones (excluding diaryl/α,β-unsaturated/α-hetero) is 1. The molecule has 4 fully saturated rings. The molecule has 18 atom stereocenters. The number of esters is 1. The van der Waals surface area contributed by atoms with Gasteiger partial charge in [-0.05, 0) is 54.8 Å². The van der Waals surface area contributed by atoms with E-state index in [1.807, 2.05) is 22.1 Å². The molecular formula is C65H72F4N16O22P2S2. The van der Waals surface area contributed by atoms with Crippen molar-refractivity contribution in [3.8, 4) is 12.1 Å². The third-order valence-electron chi connectivity index (χ3n) is 16.7. The molecule has 8 aromatic rings. The van der Waals surface area contributed by atoms with Crippen molar-refractivity contribution >= 4 is 94.6 Å². The van der Waals surface area contributed by atoms with Crippen LogP contribution in [-0.2, 0) is 84.0 Å². The molecule has 38 nitrogen and oxygen atoms in total. The normalized spacial score (nSPS) is 25.7. The van der Waals surface area contributed by atoms with Crippen molar-refractivity contribution < 1.29 is 103 Å². The van der Waals surface area contributed by atoms with Gasteiger partial charge in [-0.2, -0.15) is 10.5 Å². The summed E-state index contributed by atoms with van der Waals surface area (Å²) in [5.41, 5.74) is -2.47. The Balaban J connectivity index is 0.000000253. The summed E-state index contributed by atoms with van der Waals surface area (Å²) in [6.07, 6.45) is -21.9. The third-order valence-corrected chi connectivity index (χ3v) is 21.4. The zero-order chi connectivity index (χ0) is 77.8. The van der Waals surface area contributed by atoms with Crippen LogP contribution in [0.1, 0.15) is 93.1 Å². The summed E-state index contributed by atoms with van der Waals surface area (Å²) in [5, 5.41) is 53.8. The number of imidazole rings is 2. The Labute approximate surface area is 635 Å². The minimum Gasteiger partial charge on any atom is -0.454 e. The van der Waals surface area contributed by atoms with Crippen molar-refractivity contribution in [2.75, 3.05) is 50.3 Å². The van der Waals surface area contributed by atoms with Crippen molar-refractivity contribution in [1.82, 2.24) is 58.1 Å². The molecule has 0 radical (unpaired) electrons. The SMILES string of the molecule is C.C.CC(=O)CCC(=O)OC1[C@@H](F)[C@@H](COP(=S)(OCCC#N)OC2[C@@H](F)[C@@H](CO)O[C@H]2n2ccc(=O)[nH]c2=O)O[C@H]1n1cnc2c(NC(=O)c3ccccc3)ncnc21.N#CCCOP(=S)(OC[C@H]1O[C@@H](n2cnc3c(NC(=O)c4ccccc4)ncnc32)C(O)[C@H]1F)OC1[C@@H](F)[C@@H](CO)O[C@H]1n1ccc(=O)[nH]c1=O. The predicted molar refractivity (Wildman–Crippen MR) is 383 cm³/mol. The lowest BCUT2D eigenvalue weighted by molar-refractivity contribution is -0.157. The van der Waals surface area contributed by atoms with Crippen LogP contribution in [-0.4, -0.2) is 210 Å². The number of hydrogen-bond acceptors (Lipinski definition) is 32. The molecule has 46 heteroatoms. The number of amides is 2. The summed E-state index contributed by atoms with van der Waals surface area (Å²) >= 11 is 11.1. The standard InChI is InChI=1S/C34H35F2N8O12PS.C29H29F2N8O10PS.2CH4/c1-18(46)8-9-23(48)55-27-25(36)21(54-32(27)44-17-40-26-29(38-16-39-30(26)44)42-31(49)19-6-3-2-4-7-19)15-52-57(58,51-13-5-11-37)56-28-24(35)20(14-45)53-33(28)43-12-10-22(47)41-34(43)50;30-19-17(48-27(22(19)42)39-14-35-21-24(33-13-34-25(21)39)37-26(43)15-5-2-1-3-6-15)12-46-50(51,45-10-4-8-32)49-23-20(31)16(11-40)47-28(23)38-9-7-18(41)36-29(38)44;;/h2-4,6-7,10,12,16-17,20-21,24-25,27-28,32-33,45H,5,8-9,13-15H2,1H3,(H,41,47,50)(H,38,39,42,49);1-3,5-7,9,13-14,16-17,19-20,22-23,27-28,40,42H,4,10-12H2,(H,36,41,44)(H,33,34,37,43);2*1H4/t20-,21-,24+,25+,27?,28?,32-,33-,57?;16-,17-,19+,20+,22?,23?,27-,28-,50?;;/m11../s1. The van der Waals surface area contributed by atoms with Crippen LogP contribution in [0.15, 0.2) is 130 Å². The van der Waals surface area contributed by atoms with Crippen LogP contribution in [0, 0.1) is 22.7 Å². The molecule has 6 unspecified atom stereocenters. The average Bonchev–Trinajstić information content (AvgIpc) is 1.63. The van der Waals surface area contributed by atoms with Crippen molar-refractivity contribution in [3.63, 3.8) is 0 Å². The van der Waals surface area contributed by atoms with E-state index in [9.17, 15) is 53.7 Å². The fourth-order valence-electron chi connectivity index (χ4n) is 11.4. The lowest BCUT2D eigenvalue weighted by atomic mass is 10.1. The summed E-state index contributed by atoms with van der Waals surface area (Å²) in [6.45, 7) is -11.0. The molecule has 0 bridgehead atoms. The molecule has 2 amide bonds. The number of aliphatic hydroxyl groups is 3. The third kappa shape index (κ3) is 19.9. The molecule has 4 aliphatic rings. The Morgan fingerprint density at radius 3 is 1.39 bits per heavy atom. The predicted octanol–water partition coefficient (Wildman–Crippen LogP) is 4.21. The second kappa shape index (κ2) is 38.1. The number of hydrogen-bond donors (Lipinski definition) is 7. The second-order valence-corrected chi connectivity index (χ2v) is 29.9. The van der Waals surface area contributed by atoms with Crippen LogP contribution in [0.5, 0.6) is 0 Å². The van der Waals surface area contributed by atoms with E-state index < -0.39 is 185 Å². The van der Waals surface area contributed by atoms with E-state index in [0.717, 1.165) is 46.3 Å². The number of anilines is 2. The van der Waals surface area contributed by atoms with E-state index in [1.54, 1.807) is 60.7 Å². The first-order chi connectivity index (χ1) is 52.3. The topological polar surface area (TPSA) is 499 Å². The van der Waals surface area contributed by atoms with Gasteiger partial charge in [0.05, 0.1) is 83.7 Å². The second-order valence-electron chi connectivity index (χ2n) is 23.9. The van der Waals surface area contributed by atoms with Gasteiger partial charge in [-0.3, -0.25) is 61.3 Å². The number of aromatic nitrogens is 12. The number of ketones is 1.